The Morgan fingerprint density at radius 2 is 1.59 bits per heavy atom. The van der Waals surface area contributed by atoms with E-state index >= 15 is 0 Å². The molecule has 0 saturated heterocycles. The highest BCUT2D eigenvalue weighted by Gasteiger charge is 2.48. The number of amides is 1. The summed E-state index contributed by atoms with van der Waals surface area (Å²) < 4.78 is 5.79. The Hall–Kier alpha value is -4.23. The molecule has 1 amide bonds. The maximum absolute atomic E-state index is 13.1. The van der Waals surface area contributed by atoms with Gasteiger partial charge in [0.05, 0.1) is 23.2 Å². The molecule has 2 heterocycles. The monoisotopic (exact) mass is 493 g/mol. The van der Waals surface area contributed by atoms with Crippen LogP contribution in [0.2, 0.25) is 0 Å². The van der Waals surface area contributed by atoms with E-state index in [0.717, 1.165) is 24.1 Å². The van der Waals surface area contributed by atoms with Crippen LogP contribution >= 0.6 is 0 Å². The van der Waals surface area contributed by atoms with Crippen LogP contribution in [-0.2, 0) is 23.2 Å². The molecule has 0 radical (unpaired) electrons. The van der Waals surface area contributed by atoms with Gasteiger partial charge in [0.1, 0.15) is 17.3 Å². The van der Waals surface area contributed by atoms with Crippen LogP contribution in [0.15, 0.2) is 89.7 Å². The zero-order valence-electron chi connectivity index (χ0n) is 20.3. The van der Waals surface area contributed by atoms with Crippen LogP contribution in [0.25, 0.3) is 0 Å². The molecule has 0 bridgehead atoms. The van der Waals surface area contributed by atoms with Gasteiger partial charge in [-0.25, -0.2) is 4.98 Å². The summed E-state index contributed by atoms with van der Waals surface area (Å²) in [7, 11) is 0. The van der Waals surface area contributed by atoms with Crippen LogP contribution < -0.4 is 10.3 Å². The molecule has 37 heavy (non-hydrogen) atoms. The molecule has 1 unspecified atom stereocenters. The van der Waals surface area contributed by atoms with E-state index in [1.165, 1.54) is 4.90 Å². The molecule has 0 spiro atoms. The number of hydrogen-bond acceptors (Lipinski definition) is 5. The van der Waals surface area contributed by atoms with E-state index in [-0.39, 0.29) is 17.5 Å². The first kappa shape index (κ1) is 23.2. The first-order valence-corrected chi connectivity index (χ1v) is 12.5. The molecule has 2 N–H and O–H groups in total. The number of ether oxygens (including phenoxy) is 1. The second kappa shape index (κ2) is 9.33. The van der Waals surface area contributed by atoms with Crippen molar-refractivity contribution in [2.45, 2.75) is 37.3 Å². The van der Waals surface area contributed by atoms with Gasteiger partial charge in [0.15, 0.2) is 6.10 Å². The third-order valence-electron chi connectivity index (χ3n) is 7.32. The number of H-pyrrole nitrogens is 1. The van der Waals surface area contributed by atoms with Crippen molar-refractivity contribution in [1.82, 2.24) is 14.9 Å². The number of benzene rings is 3. The molecule has 1 atom stereocenters. The topological polar surface area (TPSA) is 95.5 Å². The Morgan fingerprint density at radius 1 is 0.946 bits per heavy atom. The first-order chi connectivity index (χ1) is 18.0. The van der Waals surface area contributed by atoms with Gasteiger partial charge in [-0.2, -0.15) is 0 Å². The zero-order chi connectivity index (χ0) is 25.4. The van der Waals surface area contributed by atoms with Gasteiger partial charge < -0.3 is 19.7 Å². The molecule has 6 rings (SSSR count). The van der Waals surface area contributed by atoms with Gasteiger partial charge in [0.25, 0.3) is 11.5 Å². The number of aromatic amines is 1. The Balaban J connectivity index is 1.17. The highest BCUT2D eigenvalue weighted by atomic mass is 16.5. The molecule has 7 nitrogen and oxygen atoms in total. The van der Waals surface area contributed by atoms with Crippen LogP contribution in [-0.4, -0.2) is 32.4 Å². The summed E-state index contributed by atoms with van der Waals surface area (Å²) in [5.74, 6) is 1.59. The fraction of sp³-hybridized carbons (Fsp3) is 0.233. The maximum atomic E-state index is 13.1. The van der Waals surface area contributed by atoms with Gasteiger partial charge in [-0.05, 0) is 48.2 Å². The Morgan fingerprint density at radius 3 is 2.27 bits per heavy atom. The van der Waals surface area contributed by atoms with Crippen LogP contribution in [0.5, 0.6) is 11.5 Å². The number of aliphatic hydroxyl groups is 1. The van der Waals surface area contributed by atoms with Crippen molar-refractivity contribution in [3.05, 3.63) is 123 Å². The van der Waals surface area contributed by atoms with Gasteiger partial charge >= 0.3 is 0 Å². The molecule has 1 saturated carbocycles. The highest BCUT2D eigenvalue weighted by molar-refractivity contribution is 5.82. The van der Waals surface area contributed by atoms with Crippen LogP contribution in [0, 0.1) is 0 Å². The predicted octanol–water partition coefficient (Wildman–Crippen LogP) is 4.26. The smallest absolute Gasteiger partial charge is 0.256 e. The number of carbonyl (C=O) groups excluding carboxylic acids is 1. The molecule has 1 aliphatic heterocycles. The van der Waals surface area contributed by atoms with Crippen LogP contribution in [0.3, 0.4) is 0 Å². The number of carbonyl (C=O) groups is 1. The van der Waals surface area contributed by atoms with Crippen molar-refractivity contribution >= 4 is 5.91 Å². The van der Waals surface area contributed by atoms with Crippen molar-refractivity contribution in [1.29, 1.82) is 0 Å². The molecule has 1 aliphatic carbocycles. The summed E-state index contributed by atoms with van der Waals surface area (Å²) in [6.45, 7) is 0.522. The van der Waals surface area contributed by atoms with E-state index in [1.54, 1.807) is 24.3 Å². The average Bonchev–Trinajstić information content (AvgIpc) is 3.76. The number of rotatable bonds is 6. The summed E-state index contributed by atoms with van der Waals surface area (Å²) >= 11 is 0. The molecule has 186 valence electrons. The van der Waals surface area contributed by atoms with E-state index < -0.39 is 12.0 Å². The largest absolute Gasteiger partial charge is 0.457 e. The first-order valence-electron chi connectivity index (χ1n) is 12.5. The van der Waals surface area contributed by atoms with E-state index in [1.807, 2.05) is 48.5 Å². The van der Waals surface area contributed by atoms with E-state index in [0.29, 0.717) is 41.4 Å². The maximum Gasteiger partial charge on any atom is 0.256 e. The van der Waals surface area contributed by atoms with Crippen molar-refractivity contribution in [3.8, 4) is 11.5 Å². The number of hydrogen-bond donors (Lipinski definition) is 2. The zero-order valence-corrected chi connectivity index (χ0v) is 20.3. The fourth-order valence-corrected chi connectivity index (χ4v) is 5.04. The summed E-state index contributed by atoms with van der Waals surface area (Å²) in [4.78, 5) is 35.6. The summed E-state index contributed by atoms with van der Waals surface area (Å²) in [5, 5.41) is 10.8. The normalized spacial score (nSPS) is 16.5. The number of aliphatic hydroxyl groups excluding tert-OH is 1. The molecular weight excluding hydrogens is 466 g/mol. The van der Waals surface area contributed by atoms with E-state index in [4.69, 9.17) is 9.72 Å². The molecular formula is C30H27N3O4. The molecule has 2 aliphatic rings. The van der Waals surface area contributed by atoms with Gasteiger partial charge in [-0.3, -0.25) is 9.59 Å². The van der Waals surface area contributed by atoms with Gasteiger partial charge in [0.2, 0.25) is 0 Å². The number of nitrogens with zero attached hydrogens (tertiary/aromatic N) is 2. The minimum atomic E-state index is -1.33. The molecule has 4 aromatic rings. The molecule has 7 heteroatoms. The average molecular weight is 494 g/mol. The highest BCUT2D eigenvalue weighted by Crippen LogP contribution is 2.51. The van der Waals surface area contributed by atoms with Gasteiger partial charge in [-0.15, -0.1) is 0 Å². The van der Waals surface area contributed by atoms with Gasteiger partial charge in [-0.1, -0.05) is 60.7 Å². The number of nitrogens with one attached hydrogen (secondary N) is 1. The number of para-hydroxylation sites is 1. The van der Waals surface area contributed by atoms with Gasteiger partial charge in [0, 0.05) is 13.0 Å². The standard InChI is InChI=1S/C30H27N3O4/c34-26(20-11-13-23(14-12-20)37-22-9-5-2-6-10-22)28(36)33-18-15-25-24(19-33)27(35)32-29(31-25)30(16-17-30)21-7-3-1-4-8-21/h1-14,26,34H,15-19H2,(H,31,32,35). The Kier molecular flexibility index (Phi) is 5.85. The summed E-state index contributed by atoms with van der Waals surface area (Å²) in [6.07, 6.45) is 1.04. The van der Waals surface area contributed by atoms with Crippen molar-refractivity contribution in [2.75, 3.05) is 6.54 Å². The van der Waals surface area contributed by atoms with Crippen molar-refractivity contribution in [2.24, 2.45) is 0 Å². The molecule has 1 fully saturated rings. The summed E-state index contributed by atoms with van der Waals surface area (Å²) in [5.41, 5.74) is 2.42. The second-order valence-corrected chi connectivity index (χ2v) is 9.68. The number of aromatic nitrogens is 2. The lowest BCUT2D eigenvalue weighted by Crippen LogP contribution is -2.42. The van der Waals surface area contributed by atoms with E-state index in [9.17, 15) is 14.7 Å². The second-order valence-electron chi connectivity index (χ2n) is 9.68. The van der Waals surface area contributed by atoms with Crippen molar-refractivity contribution in [3.63, 3.8) is 0 Å². The molecule has 1 aromatic heterocycles. The fourth-order valence-electron chi connectivity index (χ4n) is 5.04. The van der Waals surface area contributed by atoms with Crippen LogP contribution in [0.4, 0.5) is 0 Å². The lowest BCUT2D eigenvalue weighted by Gasteiger charge is -2.30. The predicted molar refractivity (Wildman–Crippen MR) is 138 cm³/mol. The van der Waals surface area contributed by atoms with E-state index in [2.05, 4.69) is 17.1 Å². The van der Waals surface area contributed by atoms with Crippen molar-refractivity contribution < 1.29 is 14.6 Å². The SMILES string of the molecule is O=C(C(O)c1ccc(Oc2ccccc2)cc1)N1CCc2nc(C3(c4ccccc4)CC3)[nH]c(=O)c2C1. The minimum Gasteiger partial charge on any atom is -0.457 e. The number of fused-ring (bicyclic) bond motifs is 1. The Bertz CT molecular complexity index is 1480. The Labute approximate surface area is 214 Å². The summed E-state index contributed by atoms with van der Waals surface area (Å²) in [6, 6.07) is 26.3. The lowest BCUT2D eigenvalue weighted by atomic mass is 9.94. The minimum absolute atomic E-state index is 0.126. The quantitative estimate of drug-likeness (QED) is 0.419. The lowest BCUT2D eigenvalue weighted by molar-refractivity contribution is -0.141. The third kappa shape index (κ3) is 4.42. The van der Waals surface area contributed by atoms with Crippen LogP contribution in [0.1, 0.15) is 47.2 Å². The molecule has 3 aromatic carbocycles. The third-order valence-corrected chi connectivity index (χ3v) is 7.32.